The van der Waals surface area contributed by atoms with E-state index in [1.165, 1.54) is 24.0 Å². The highest BCUT2D eigenvalue weighted by Crippen LogP contribution is 2.21. The zero-order chi connectivity index (χ0) is 18.6. The highest BCUT2D eigenvalue weighted by Gasteiger charge is 2.14. The van der Waals surface area contributed by atoms with E-state index in [4.69, 9.17) is 27.9 Å². The van der Waals surface area contributed by atoms with Crippen LogP contribution in [-0.2, 0) is 11.3 Å². The zero-order valence-corrected chi connectivity index (χ0v) is 15.2. The third-order valence-electron chi connectivity index (χ3n) is 3.44. The van der Waals surface area contributed by atoms with Gasteiger partial charge < -0.3 is 9.64 Å². The van der Waals surface area contributed by atoms with E-state index in [2.05, 4.69) is 0 Å². The lowest BCUT2D eigenvalue weighted by Gasteiger charge is -2.18. The molecule has 0 fully saturated rings. The minimum Gasteiger partial charge on any atom is -0.483 e. The molecular formula is C18H16Cl2FNO3. The molecule has 4 nitrogen and oxygen atoms in total. The molecule has 7 heteroatoms. The van der Waals surface area contributed by atoms with E-state index in [0.29, 0.717) is 16.6 Å². The van der Waals surface area contributed by atoms with Crippen LogP contribution in [0.4, 0.5) is 4.39 Å². The van der Waals surface area contributed by atoms with Gasteiger partial charge in [-0.25, -0.2) is 4.39 Å². The molecule has 0 bridgehead atoms. The second-order valence-electron chi connectivity index (χ2n) is 5.51. The number of hydrogen-bond acceptors (Lipinski definition) is 3. The van der Waals surface area contributed by atoms with Gasteiger partial charge in [-0.1, -0.05) is 23.2 Å². The van der Waals surface area contributed by atoms with Gasteiger partial charge in [-0.15, -0.1) is 0 Å². The van der Waals surface area contributed by atoms with Gasteiger partial charge in [-0.3, -0.25) is 9.59 Å². The maximum Gasteiger partial charge on any atom is 0.260 e. The van der Waals surface area contributed by atoms with Crippen LogP contribution in [0.25, 0.3) is 0 Å². The van der Waals surface area contributed by atoms with Crippen molar-refractivity contribution in [3.63, 3.8) is 0 Å². The number of carbonyl (C=O) groups is 2. The third kappa shape index (κ3) is 5.44. The molecular weight excluding hydrogens is 368 g/mol. The lowest BCUT2D eigenvalue weighted by Crippen LogP contribution is -2.31. The van der Waals surface area contributed by atoms with Crippen LogP contribution in [0.2, 0.25) is 10.0 Å². The standard InChI is InChI=1S/C18H16Cl2FNO3/c1-11(23)16-8-15(21)3-4-17(16)25-10-18(24)22(2)9-12-5-13(19)7-14(20)6-12/h3-8H,9-10H2,1-2H3. The van der Waals surface area contributed by atoms with Crippen molar-refractivity contribution >= 4 is 34.9 Å². The van der Waals surface area contributed by atoms with Crippen LogP contribution in [0, 0.1) is 5.82 Å². The van der Waals surface area contributed by atoms with Crippen LogP contribution >= 0.6 is 23.2 Å². The SMILES string of the molecule is CC(=O)c1cc(F)ccc1OCC(=O)N(C)Cc1cc(Cl)cc(Cl)c1. The number of ketones is 1. The van der Waals surface area contributed by atoms with Gasteiger partial charge in [-0.05, 0) is 48.9 Å². The monoisotopic (exact) mass is 383 g/mol. The van der Waals surface area contributed by atoms with E-state index >= 15 is 0 Å². The van der Waals surface area contributed by atoms with Crippen molar-refractivity contribution in [2.75, 3.05) is 13.7 Å². The van der Waals surface area contributed by atoms with Gasteiger partial charge in [0.25, 0.3) is 5.91 Å². The first-order valence-corrected chi connectivity index (χ1v) is 8.14. The first-order chi connectivity index (χ1) is 11.8. The van der Waals surface area contributed by atoms with E-state index in [1.807, 2.05) is 0 Å². The van der Waals surface area contributed by atoms with Gasteiger partial charge >= 0.3 is 0 Å². The summed E-state index contributed by atoms with van der Waals surface area (Å²) in [6.45, 7) is 1.32. The number of halogens is 3. The predicted molar refractivity (Wildman–Crippen MR) is 94.8 cm³/mol. The van der Waals surface area contributed by atoms with Crippen LogP contribution in [0.15, 0.2) is 36.4 Å². The fraction of sp³-hybridized carbons (Fsp3) is 0.222. The first-order valence-electron chi connectivity index (χ1n) is 7.38. The Morgan fingerprint density at radius 3 is 2.36 bits per heavy atom. The molecule has 0 saturated heterocycles. The van der Waals surface area contributed by atoms with Crippen LogP contribution in [0.1, 0.15) is 22.8 Å². The summed E-state index contributed by atoms with van der Waals surface area (Å²) < 4.78 is 18.6. The number of hydrogen-bond donors (Lipinski definition) is 0. The second kappa shape index (κ2) is 8.32. The number of benzene rings is 2. The Balaban J connectivity index is 2.01. The van der Waals surface area contributed by atoms with Crippen molar-refractivity contribution in [3.05, 3.63) is 63.4 Å². The summed E-state index contributed by atoms with van der Waals surface area (Å²) in [5.74, 6) is -1.03. The molecule has 0 spiro atoms. The summed E-state index contributed by atoms with van der Waals surface area (Å²) in [4.78, 5) is 25.2. The Kier molecular flexibility index (Phi) is 6.39. The molecule has 0 saturated carbocycles. The summed E-state index contributed by atoms with van der Waals surface area (Å²) in [5, 5.41) is 0.967. The molecule has 2 rings (SSSR count). The van der Waals surface area contributed by atoms with Gasteiger partial charge in [0.2, 0.25) is 0 Å². The van der Waals surface area contributed by atoms with E-state index in [1.54, 1.807) is 25.2 Å². The molecule has 132 valence electrons. The number of rotatable bonds is 6. The van der Waals surface area contributed by atoms with Crippen molar-refractivity contribution in [2.45, 2.75) is 13.5 Å². The van der Waals surface area contributed by atoms with Crippen molar-refractivity contribution in [1.29, 1.82) is 0 Å². The van der Waals surface area contributed by atoms with Gasteiger partial charge in [0.05, 0.1) is 5.56 Å². The number of amides is 1. The molecule has 0 aliphatic heterocycles. The molecule has 2 aromatic rings. The molecule has 1 amide bonds. The van der Waals surface area contributed by atoms with Crippen molar-refractivity contribution in [1.82, 2.24) is 4.90 Å². The number of carbonyl (C=O) groups excluding carboxylic acids is 2. The van der Waals surface area contributed by atoms with E-state index in [-0.39, 0.29) is 29.6 Å². The van der Waals surface area contributed by atoms with Crippen LogP contribution < -0.4 is 4.74 Å². The number of Topliss-reactive ketones (excluding diaryl/α,β-unsaturated/α-hetero) is 1. The molecule has 0 atom stereocenters. The summed E-state index contributed by atoms with van der Waals surface area (Å²) >= 11 is 11.9. The molecule has 0 aromatic heterocycles. The summed E-state index contributed by atoms with van der Waals surface area (Å²) in [7, 11) is 1.61. The lowest BCUT2D eigenvalue weighted by atomic mass is 10.1. The fourth-order valence-electron chi connectivity index (χ4n) is 2.22. The highest BCUT2D eigenvalue weighted by atomic mass is 35.5. The molecule has 0 radical (unpaired) electrons. The molecule has 0 aliphatic carbocycles. The Morgan fingerprint density at radius 2 is 1.76 bits per heavy atom. The third-order valence-corrected chi connectivity index (χ3v) is 3.88. The number of ether oxygens (including phenoxy) is 1. The molecule has 25 heavy (non-hydrogen) atoms. The molecule has 0 heterocycles. The van der Waals surface area contributed by atoms with Crippen LogP contribution in [0.3, 0.4) is 0 Å². The number of likely N-dealkylation sites (N-methyl/N-ethyl adjacent to an activating group) is 1. The zero-order valence-electron chi connectivity index (χ0n) is 13.7. The van der Waals surface area contributed by atoms with Crippen molar-refractivity contribution in [2.24, 2.45) is 0 Å². The molecule has 0 aliphatic rings. The van der Waals surface area contributed by atoms with Crippen LogP contribution in [0.5, 0.6) is 5.75 Å². The summed E-state index contributed by atoms with van der Waals surface area (Å²) in [6, 6.07) is 8.62. The predicted octanol–water partition coefficient (Wildman–Crippen LogP) is 4.37. The second-order valence-corrected chi connectivity index (χ2v) is 6.39. The molecule has 2 aromatic carbocycles. The van der Waals surface area contributed by atoms with E-state index in [9.17, 15) is 14.0 Å². The molecule has 0 N–H and O–H groups in total. The highest BCUT2D eigenvalue weighted by molar-refractivity contribution is 6.34. The average molecular weight is 384 g/mol. The maximum absolute atomic E-state index is 13.2. The quantitative estimate of drug-likeness (QED) is 0.695. The van der Waals surface area contributed by atoms with Gasteiger partial charge in [-0.2, -0.15) is 0 Å². The molecule has 0 unspecified atom stereocenters. The first kappa shape index (κ1) is 19.2. The van der Waals surface area contributed by atoms with Gasteiger partial charge in [0.15, 0.2) is 12.4 Å². The normalized spacial score (nSPS) is 10.4. The Labute approximate surface area is 155 Å². The summed E-state index contributed by atoms with van der Waals surface area (Å²) in [5.41, 5.74) is 0.872. The maximum atomic E-state index is 13.2. The van der Waals surface area contributed by atoms with Gasteiger partial charge in [0, 0.05) is 23.6 Å². The fourth-order valence-corrected chi connectivity index (χ4v) is 2.79. The Bertz CT molecular complexity index is 791. The summed E-state index contributed by atoms with van der Waals surface area (Å²) in [6.07, 6.45) is 0. The van der Waals surface area contributed by atoms with Gasteiger partial charge in [0.1, 0.15) is 11.6 Å². The Hall–Kier alpha value is -2.11. The average Bonchev–Trinajstić information content (AvgIpc) is 2.52. The lowest BCUT2D eigenvalue weighted by molar-refractivity contribution is -0.132. The largest absolute Gasteiger partial charge is 0.483 e. The number of nitrogens with zero attached hydrogens (tertiary/aromatic N) is 1. The van der Waals surface area contributed by atoms with E-state index < -0.39 is 5.82 Å². The minimum atomic E-state index is -0.543. The smallest absolute Gasteiger partial charge is 0.260 e. The van der Waals surface area contributed by atoms with E-state index in [0.717, 1.165) is 11.6 Å². The van der Waals surface area contributed by atoms with Crippen molar-refractivity contribution in [3.8, 4) is 5.75 Å². The Morgan fingerprint density at radius 1 is 1.12 bits per heavy atom. The topological polar surface area (TPSA) is 46.6 Å². The van der Waals surface area contributed by atoms with Crippen molar-refractivity contribution < 1.29 is 18.7 Å². The van der Waals surface area contributed by atoms with Crippen LogP contribution in [-0.4, -0.2) is 30.2 Å². The minimum absolute atomic E-state index is 0.0945.